The highest BCUT2D eigenvalue weighted by Crippen LogP contribution is 2.05. The van der Waals surface area contributed by atoms with Crippen LogP contribution < -0.4 is 10.6 Å². The Morgan fingerprint density at radius 2 is 1.80 bits per heavy atom. The summed E-state index contributed by atoms with van der Waals surface area (Å²) in [7, 11) is 0. The summed E-state index contributed by atoms with van der Waals surface area (Å²) in [6, 6.07) is 0.0675. The molecule has 0 radical (unpaired) electrons. The lowest BCUT2D eigenvalue weighted by Crippen LogP contribution is -2.41. The molecule has 15 heavy (non-hydrogen) atoms. The third-order valence-corrected chi connectivity index (χ3v) is 1.24. The van der Waals surface area contributed by atoms with E-state index in [1.807, 2.05) is 13.8 Å². The Morgan fingerprint density at radius 1 is 1.27 bits per heavy atom. The van der Waals surface area contributed by atoms with E-state index in [0.717, 1.165) is 0 Å². The number of nitrogens with one attached hydrogen (secondary N) is 2. The fourth-order valence-electron chi connectivity index (χ4n) is 0.840. The van der Waals surface area contributed by atoms with Crippen molar-refractivity contribution in [2.45, 2.75) is 46.3 Å². The van der Waals surface area contributed by atoms with E-state index in [1.165, 1.54) is 0 Å². The third kappa shape index (κ3) is 9.05. The van der Waals surface area contributed by atoms with Gasteiger partial charge in [0.1, 0.15) is 12.1 Å². The lowest BCUT2D eigenvalue weighted by molar-refractivity contribution is -0.120. The normalized spacial score (nSPS) is 11.1. The number of rotatable bonds is 3. The maximum Gasteiger partial charge on any atom is 0.408 e. The van der Waals surface area contributed by atoms with Crippen molar-refractivity contribution in [3.63, 3.8) is 0 Å². The molecule has 2 amide bonds. The monoisotopic (exact) mass is 216 g/mol. The van der Waals surface area contributed by atoms with Gasteiger partial charge in [-0.1, -0.05) is 0 Å². The van der Waals surface area contributed by atoms with Gasteiger partial charge >= 0.3 is 6.09 Å². The number of carbonyl (C=O) groups excluding carboxylic acids is 2. The molecule has 5 heteroatoms. The highest BCUT2D eigenvalue weighted by molar-refractivity contribution is 5.82. The van der Waals surface area contributed by atoms with E-state index in [0.29, 0.717) is 0 Å². The summed E-state index contributed by atoms with van der Waals surface area (Å²) in [5, 5.41) is 5.02. The van der Waals surface area contributed by atoms with E-state index in [-0.39, 0.29) is 18.5 Å². The predicted octanol–water partition coefficient (Wildman–Crippen LogP) is 1.04. The Morgan fingerprint density at radius 3 is 2.20 bits per heavy atom. The molecule has 0 aliphatic heterocycles. The Bertz CT molecular complexity index is 231. The minimum atomic E-state index is -0.582. The van der Waals surface area contributed by atoms with E-state index in [4.69, 9.17) is 4.74 Å². The molecule has 5 nitrogen and oxygen atoms in total. The molecule has 2 N–H and O–H groups in total. The molecule has 0 aromatic rings. The molecule has 0 aliphatic carbocycles. The van der Waals surface area contributed by atoms with Crippen LogP contribution in [0.3, 0.4) is 0 Å². The molecule has 0 saturated heterocycles. The molecule has 0 unspecified atom stereocenters. The maximum atomic E-state index is 11.1. The first kappa shape index (κ1) is 13.7. The van der Waals surface area contributed by atoms with Crippen LogP contribution in [-0.4, -0.2) is 30.2 Å². The molecule has 0 aliphatic rings. The van der Waals surface area contributed by atoms with Gasteiger partial charge in [-0.15, -0.1) is 0 Å². The van der Waals surface area contributed by atoms with Gasteiger partial charge in [0.25, 0.3) is 0 Å². The largest absolute Gasteiger partial charge is 0.444 e. The van der Waals surface area contributed by atoms with Gasteiger partial charge in [0.15, 0.2) is 0 Å². The van der Waals surface area contributed by atoms with Gasteiger partial charge in [-0.2, -0.15) is 0 Å². The SMILES string of the molecule is CC(C)NC(=O)CNC(=O)OC(C)(C)C. The first-order valence-electron chi connectivity index (χ1n) is 4.97. The van der Waals surface area contributed by atoms with Crippen LogP contribution in [0.5, 0.6) is 0 Å². The van der Waals surface area contributed by atoms with Crippen LogP contribution >= 0.6 is 0 Å². The molecule has 0 bridgehead atoms. The first-order valence-corrected chi connectivity index (χ1v) is 4.97. The zero-order valence-electron chi connectivity index (χ0n) is 10.0. The van der Waals surface area contributed by atoms with Crippen LogP contribution in [-0.2, 0) is 9.53 Å². The average molecular weight is 216 g/mol. The van der Waals surface area contributed by atoms with E-state index >= 15 is 0 Å². The summed E-state index contributed by atoms with van der Waals surface area (Å²) < 4.78 is 4.96. The second kappa shape index (κ2) is 5.58. The Kier molecular flexibility index (Phi) is 5.11. The maximum absolute atomic E-state index is 11.1. The van der Waals surface area contributed by atoms with E-state index in [9.17, 15) is 9.59 Å². The van der Waals surface area contributed by atoms with Gasteiger partial charge in [-0.25, -0.2) is 4.79 Å². The van der Waals surface area contributed by atoms with E-state index < -0.39 is 11.7 Å². The molecule has 88 valence electrons. The lowest BCUT2D eigenvalue weighted by Gasteiger charge is -2.19. The molecule has 0 aromatic heterocycles. The van der Waals surface area contributed by atoms with Crippen molar-refractivity contribution in [3.8, 4) is 0 Å². The highest BCUT2D eigenvalue weighted by atomic mass is 16.6. The number of carbonyl (C=O) groups is 2. The van der Waals surface area contributed by atoms with Gasteiger partial charge < -0.3 is 15.4 Å². The van der Waals surface area contributed by atoms with Crippen LogP contribution in [0.1, 0.15) is 34.6 Å². The summed E-state index contributed by atoms with van der Waals surface area (Å²) in [6.45, 7) is 8.94. The zero-order valence-corrected chi connectivity index (χ0v) is 10.0. The number of hydrogen-bond acceptors (Lipinski definition) is 3. The summed E-state index contributed by atoms with van der Waals surface area (Å²) in [5.41, 5.74) is -0.543. The molecular formula is C10H20N2O3. The van der Waals surface area contributed by atoms with Crippen molar-refractivity contribution in [2.75, 3.05) is 6.54 Å². The zero-order chi connectivity index (χ0) is 12.1. The molecular weight excluding hydrogens is 196 g/mol. The number of hydrogen-bond donors (Lipinski definition) is 2. The molecule has 0 aromatic carbocycles. The van der Waals surface area contributed by atoms with Crippen molar-refractivity contribution in [3.05, 3.63) is 0 Å². The third-order valence-electron chi connectivity index (χ3n) is 1.24. The van der Waals surface area contributed by atoms with Gasteiger partial charge in [0.2, 0.25) is 5.91 Å². The number of ether oxygens (including phenoxy) is 1. The Hall–Kier alpha value is -1.26. The van der Waals surface area contributed by atoms with Gasteiger partial charge in [-0.05, 0) is 34.6 Å². The second-order valence-electron chi connectivity index (χ2n) is 4.58. The van der Waals surface area contributed by atoms with E-state index in [2.05, 4.69) is 10.6 Å². The fraction of sp³-hybridized carbons (Fsp3) is 0.800. The Labute approximate surface area is 90.6 Å². The molecule has 0 spiro atoms. The number of amides is 2. The molecule has 0 atom stereocenters. The topological polar surface area (TPSA) is 67.4 Å². The van der Waals surface area contributed by atoms with Crippen molar-refractivity contribution in [1.82, 2.24) is 10.6 Å². The molecule has 0 rings (SSSR count). The van der Waals surface area contributed by atoms with Gasteiger partial charge in [0.05, 0.1) is 0 Å². The lowest BCUT2D eigenvalue weighted by atomic mass is 10.2. The summed E-state index contributed by atoms with van der Waals surface area (Å²) in [6.07, 6.45) is -0.582. The second-order valence-corrected chi connectivity index (χ2v) is 4.58. The average Bonchev–Trinajstić information content (AvgIpc) is 1.96. The van der Waals surface area contributed by atoms with Crippen LogP contribution in [0.4, 0.5) is 4.79 Å². The van der Waals surface area contributed by atoms with Crippen LogP contribution in [0.25, 0.3) is 0 Å². The van der Waals surface area contributed by atoms with Crippen molar-refractivity contribution >= 4 is 12.0 Å². The Balaban J connectivity index is 3.77. The van der Waals surface area contributed by atoms with Crippen molar-refractivity contribution < 1.29 is 14.3 Å². The number of alkyl carbamates (subject to hydrolysis) is 1. The fourth-order valence-corrected chi connectivity index (χ4v) is 0.840. The quantitative estimate of drug-likeness (QED) is 0.740. The smallest absolute Gasteiger partial charge is 0.408 e. The summed E-state index contributed by atoms with van der Waals surface area (Å²) >= 11 is 0. The van der Waals surface area contributed by atoms with Crippen LogP contribution in [0.2, 0.25) is 0 Å². The summed E-state index contributed by atoms with van der Waals surface area (Å²) in [5.74, 6) is -0.226. The molecule has 0 fully saturated rings. The predicted molar refractivity (Wildman–Crippen MR) is 57.5 cm³/mol. The highest BCUT2D eigenvalue weighted by Gasteiger charge is 2.16. The van der Waals surface area contributed by atoms with Crippen LogP contribution in [0.15, 0.2) is 0 Å². The van der Waals surface area contributed by atoms with Crippen molar-refractivity contribution in [2.24, 2.45) is 0 Å². The molecule has 0 heterocycles. The van der Waals surface area contributed by atoms with E-state index in [1.54, 1.807) is 20.8 Å². The summed E-state index contributed by atoms with van der Waals surface area (Å²) in [4.78, 5) is 22.3. The minimum Gasteiger partial charge on any atom is -0.444 e. The van der Waals surface area contributed by atoms with Gasteiger partial charge in [-0.3, -0.25) is 4.79 Å². The first-order chi connectivity index (χ1) is 6.70. The minimum absolute atomic E-state index is 0.0624. The standard InChI is InChI=1S/C10H20N2O3/c1-7(2)12-8(13)6-11-9(14)15-10(3,4)5/h7H,6H2,1-5H3,(H,11,14)(H,12,13). The molecule has 0 saturated carbocycles. The van der Waals surface area contributed by atoms with Crippen molar-refractivity contribution in [1.29, 1.82) is 0 Å². The van der Waals surface area contributed by atoms with Crippen LogP contribution in [0, 0.1) is 0 Å². The van der Waals surface area contributed by atoms with Gasteiger partial charge in [0, 0.05) is 6.04 Å².